The first-order valence-electron chi connectivity index (χ1n) is 5.41. The molecule has 0 amide bonds. The van der Waals surface area contributed by atoms with Crippen LogP contribution >= 0.6 is 11.3 Å². The third-order valence-corrected chi connectivity index (χ3v) is 3.46. The van der Waals surface area contributed by atoms with E-state index in [4.69, 9.17) is 5.11 Å². The van der Waals surface area contributed by atoms with E-state index in [0.29, 0.717) is 6.04 Å². The zero-order chi connectivity index (χ0) is 11.4. The van der Waals surface area contributed by atoms with E-state index < -0.39 is 5.97 Å². The maximum Gasteiger partial charge on any atom is 0.328 e. The summed E-state index contributed by atoms with van der Waals surface area (Å²) >= 11 is 1.75. The van der Waals surface area contributed by atoms with Crippen molar-refractivity contribution in [3.63, 3.8) is 0 Å². The second-order valence-corrected chi connectivity index (χ2v) is 5.01. The van der Waals surface area contributed by atoms with Gasteiger partial charge in [-0.1, -0.05) is 12.1 Å². The highest BCUT2D eigenvalue weighted by atomic mass is 32.1. The van der Waals surface area contributed by atoms with Crippen molar-refractivity contribution < 1.29 is 9.90 Å². The minimum atomic E-state index is -0.869. The molecule has 1 aliphatic carbocycles. The summed E-state index contributed by atoms with van der Waals surface area (Å²) in [5, 5.41) is 10.6. The highest BCUT2D eigenvalue weighted by Gasteiger charge is 2.28. The lowest BCUT2D eigenvalue weighted by atomic mass is 10.3. The average Bonchev–Trinajstić information content (AvgIpc) is 2.96. The summed E-state index contributed by atoms with van der Waals surface area (Å²) in [6, 6.07) is 4.83. The molecule has 1 aromatic heterocycles. The van der Waals surface area contributed by atoms with Crippen LogP contribution in [0.25, 0.3) is 0 Å². The molecule has 3 nitrogen and oxygen atoms in total. The van der Waals surface area contributed by atoms with Gasteiger partial charge in [0.05, 0.1) is 0 Å². The normalized spacial score (nSPS) is 16.1. The second-order valence-electron chi connectivity index (χ2n) is 3.98. The maximum atomic E-state index is 10.4. The molecule has 1 saturated carbocycles. The summed E-state index contributed by atoms with van der Waals surface area (Å²) in [5.74, 6) is -0.869. The number of carboxylic acids is 1. The van der Waals surface area contributed by atoms with Crippen LogP contribution in [0.15, 0.2) is 29.7 Å². The SMILES string of the molecule is O=C(O)/C=C/CN(Cc1cccs1)C1CC1. The number of carbonyl (C=O) groups is 1. The molecular weight excluding hydrogens is 222 g/mol. The number of carboxylic acid groups (broad SMARTS) is 1. The molecule has 4 heteroatoms. The van der Waals surface area contributed by atoms with Crippen molar-refractivity contribution >= 4 is 17.3 Å². The number of nitrogens with zero attached hydrogens (tertiary/aromatic N) is 1. The van der Waals surface area contributed by atoms with Crippen LogP contribution in [0.2, 0.25) is 0 Å². The van der Waals surface area contributed by atoms with Crippen molar-refractivity contribution in [1.82, 2.24) is 4.90 Å². The van der Waals surface area contributed by atoms with E-state index in [1.54, 1.807) is 17.4 Å². The molecule has 0 aromatic carbocycles. The minimum absolute atomic E-state index is 0.653. The summed E-state index contributed by atoms with van der Waals surface area (Å²) in [7, 11) is 0. The fourth-order valence-corrected chi connectivity index (χ4v) is 2.40. The van der Waals surface area contributed by atoms with E-state index in [0.717, 1.165) is 13.1 Å². The molecule has 0 aliphatic heterocycles. The van der Waals surface area contributed by atoms with Gasteiger partial charge in [0.1, 0.15) is 0 Å². The number of hydrogen-bond donors (Lipinski definition) is 1. The highest BCUT2D eigenvalue weighted by Crippen LogP contribution is 2.28. The lowest BCUT2D eigenvalue weighted by Gasteiger charge is -2.18. The standard InChI is InChI=1S/C12H15NO2S/c14-12(15)4-1-7-13(10-5-6-10)9-11-3-2-8-16-11/h1-4,8,10H,5-7,9H2,(H,14,15)/b4-1+. The Hall–Kier alpha value is -1.13. The van der Waals surface area contributed by atoms with E-state index in [2.05, 4.69) is 22.4 Å². The molecule has 0 unspecified atom stereocenters. The largest absolute Gasteiger partial charge is 0.478 e. The lowest BCUT2D eigenvalue weighted by Crippen LogP contribution is -2.25. The van der Waals surface area contributed by atoms with Crippen molar-refractivity contribution in [2.45, 2.75) is 25.4 Å². The van der Waals surface area contributed by atoms with Gasteiger partial charge in [-0.2, -0.15) is 0 Å². The van der Waals surface area contributed by atoms with Gasteiger partial charge in [-0.3, -0.25) is 4.90 Å². The number of hydrogen-bond acceptors (Lipinski definition) is 3. The maximum absolute atomic E-state index is 10.4. The van der Waals surface area contributed by atoms with Crippen LogP contribution in [-0.2, 0) is 11.3 Å². The van der Waals surface area contributed by atoms with E-state index in [-0.39, 0.29) is 0 Å². The topological polar surface area (TPSA) is 40.5 Å². The third kappa shape index (κ3) is 3.47. The van der Waals surface area contributed by atoms with E-state index >= 15 is 0 Å². The number of rotatable bonds is 6. The fraction of sp³-hybridized carbons (Fsp3) is 0.417. The zero-order valence-corrected chi connectivity index (χ0v) is 9.82. The van der Waals surface area contributed by atoms with Gasteiger partial charge in [-0.05, 0) is 24.3 Å². The van der Waals surface area contributed by atoms with Crippen LogP contribution in [0, 0.1) is 0 Å². The summed E-state index contributed by atoms with van der Waals surface area (Å²) < 4.78 is 0. The fourth-order valence-electron chi connectivity index (χ4n) is 1.67. The van der Waals surface area contributed by atoms with Gasteiger partial charge in [-0.25, -0.2) is 4.79 Å². The van der Waals surface area contributed by atoms with Crippen molar-refractivity contribution in [2.24, 2.45) is 0 Å². The van der Waals surface area contributed by atoms with Crippen LogP contribution in [0.4, 0.5) is 0 Å². The first-order valence-corrected chi connectivity index (χ1v) is 6.29. The Labute approximate surface area is 99.0 Å². The molecule has 0 bridgehead atoms. The number of aliphatic carboxylic acids is 1. The van der Waals surface area contributed by atoms with E-state index in [9.17, 15) is 4.79 Å². The minimum Gasteiger partial charge on any atom is -0.478 e. The van der Waals surface area contributed by atoms with Gasteiger partial charge in [0, 0.05) is 30.1 Å². The summed E-state index contributed by atoms with van der Waals surface area (Å²) in [5.41, 5.74) is 0. The van der Waals surface area contributed by atoms with Crippen molar-refractivity contribution in [3.8, 4) is 0 Å². The molecule has 0 atom stereocenters. The Morgan fingerprint density at radius 2 is 2.44 bits per heavy atom. The van der Waals surface area contributed by atoms with Gasteiger partial charge in [0.15, 0.2) is 0 Å². The van der Waals surface area contributed by atoms with Gasteiger partial charge in [0.2, 0.25) is 0 Å². The predicted molar refractivity (Wildman–Crippen MR) is 64.5 cm³/mol. The van der Waals surface area contributed by atoms with Gasteiger partial charge in [-0.15, -0.1) is 11.3 Å². The van der Waals surface area contributed by atoms with Crippen molar-refractivity contribution in [1.29, 1.82) is 0 Å². The Bertz CT molecular complexity index is 368. The average molecular weight is 237 g/mol. The molecule has 1 heterocycles. The van der Waals surface area contributed by atoms with Crippen LogP contribution in [0.3, 0.4) is 0 Å². The molecule has 1 aliphatic rings. The Kier molecular flexibility index (Phi) is 3.74. The van der Waals surface area contributed by atoms with Gasteiger partial charge >= 0.3 is 5.97 Å². The third-order valence-electron chi connectivity index (χ3n) is 2.60. The summed E-state index contributed by atoms with van der Waals surface area (Å²) in [6.45, 7) is 1.67. The Morgan fingerprint density at radius 1 is 1.62 bits per heavy atom. The van der Waals surface area contributed by atoms with E-state index in [1.807, 2.05) is 0 Å². The molecule has 0 spiro atoms. The lowest BCUT2D eigenvalue weighted by molar-refractivity contribution is -0.131. The molecule has 0 saturated heterocycles. The van der Waals surface area contributed by atoms with Crippen LogP contribution < -0.4 is 0 Å². The summed E-state index contributed by atoms with van der Waals surface area (Å²) in [6.07, 6.45) is 5.44. The molecule has 1 fully saturated rings. The molecular formula is C12H15NO2S. The van der Waals surface area contributed by atoms with Crippen LogP contribution in [-0.4, -0.2) is 28.6 Å². The van der Waals surface area contributed by atoms with E-state index in [1.165, 1.54) is 23.8 Å². The summed E-state index contributed by atoms with van der Waals surface area (Å²) in [4.78, 5) is 14.1. The Morgan fingerprint density at radius 3 is 3.00 bits per heavy atom. The Balaban J connectivity index is 1.87. The van der Waals surface area contributed by atoms with Crippen LogP contribution in [0.5, 0.6) is 0 Å². The van der Waals surface area contributed by atoms with Crippen LogP contribution in [0.1, 0.15) is 17.7 Å². The quantitative estimate of drug-likeness (QED) is 0.772. The van der Waals surface area contributed by atoms with Crippen molar-refractivity contribution in [3.05, 3.63) is 34.5 Å². The molecule has 1 N–H and O–H groups in total. The smallest absolute Gasteiger partial charge is 0.328 e. The van der Waals surface area contributed by atoms with Gasteiger partial charge < -0.3 is 5.11 Å². The monoisotopic (exact) mass is 237 g/mol. The zero-order valence-electron chi connectivity index (χ0n) is 9.00. The molecule has 16 heavy (non-hydrogen) atoms. The van der Waals surface area contributed by atoms with Gasteiger partial charge in [0.25, 0.3) is 0 Å². The molecule has 0 radical (unpaired) electrons. The number of thiophene rings is 1. The second kappa shape index (κ2) is 5.27. The predicted octanol–water partition coefficient (Wildman–Crippen LogP) is 2.35. The van der Waals surface area contributed by atoms with Crippen molar-refractivity contribution in [2.75, 3.05) is 6.54 Å². The highest BCUT2D eigenvalue weighted by molar-refractivity contribution is 7.09. The molecule has 1 aromatic rings. The molecule has 86 valence electrons. The molecule has 2 rings (SSSR count). The first kappa shape index (κ1) is 11.4. The first-order chi connectivity index (χ1) is 7.75.